The number of rotatable bonds is 2. The average Bonchev–Trinajstić information content (AvgIpc) is 2.58. The number of benzene rings is 1. The SMILES string of the molecule is CC(C)C1CN(c2cc(Br)ccc2I)CCCN1. The Morgan fingerprint density at radius 3 is 2.94 bits per heavy atom. The highest BCUT2D eigenvalue weighted by atomic mass is 127. The van der Waals surface area contributed by atoms with Gasteiger partial charge in [-0.3, -0.25) is 0 Å². The van der Waals surface area contributed by atoms with E-state index >= 15 is 0 Å². The van der Waals surface area contributed by atoms with E-state index < -0.39 is 0 Å². The molecule has 0 aliphatic carbocycles. The summed E-state index contributed by atoms with van der Waals surface area (Å²) in [4.78, 5) is 2.52. The van der Waals surface area contributed by atoms with Crippen molar-refractivity contribution in [3.63, 3.8) is 0 Å². The van der Waals surface area contributed by atoms with Crippen molar-refractivity contribution in [1.29, 1.82) is 0 Å². The van der Waals surface area contributed by atoms with Gasteiger partial charge in [0.1, 0.15) is 0 Å². The Bertz CT molecular complexity index is 409. The highest BCUT2D eigenvalue weighted by Gasteiger charge is 2.21. The van der Waals surface area contributed by atoms with Crippen LogP contribution in [0.4, 0.5) is 5.69 Å². The molecular weight excluding hydrogens is 403 g/mol. The van der Waals surface area contributed by atoms with E-state index in [0.29, 0.717) is 12.0 Å². The van der Waals surface area contributed by atoms with Crippen LogP contribution in [0.1, 0.15) is 20.3 Å². The van der Waals surface area contributed by atoms with E-state index in [-0.39, 0.29) is 0 Å². The van der Waals surface area contributed by atoms with Crippen molar-refractivity contribution < 1.29 is 0 Å². The van der Waals surface area contributed by atoms with Gasteiger partial charge in [-0.15, -0.1) is 0 Å². The van der Waals surface area contributed by atoms with Crippen molar-refractivity contribution in [1.82, 2.24) is 5.32 Å². The lowest BCUT2D eigenvalue weighted by Crippen LogP contribution is -2.41. The maximum absolute atomic E-state index is 3.66. The van der Waals surface area contributed by atoms with Crippen LogP contribution in [0, 0.1) is 9.49 Å². The van der Waals surface area contributed by atoms with Gasteiger partial charge in [0.15, 0.2) is 0 Å². The molecule has 0 radical (unpaired) electrons. The molecule has 0 aromatic heterocycles. The summed E-state index contributed by atoms with van der Waals surface area (Å²) in [5.74, 6) is 0.676. The van der Waals surface area contributed by atoms with Crippen LogP contribution in [-0.4, -0.2) is 25.7 Å². The van der Waals surface area contributed by atoms with Crippen molar-refractivity contribution in [2.75, 3.05) is 24.5 Å². The molecular formula is C14H20BrIN2. The predicted octanol–water partition coefficient (Wildman–Crippen LogP) is 3.88. The quantitative estimate of drug-likeness (QED) is 0.727. The van der Waals surface area contributed by atoms with Gasteiger partial charge < -0.3 is 10.2 Å². The molecule has 1 aliphatic heterocycles. The molecule has 1 atom stereocenters. The third kappa shape index (κ3) is 3.61. The van der Waals surface area contributed by atoms with Crippen molar-refractivity contribution in [2.45, 2.75) is 26.3 Å². The molecule has 2 rings (SSSR count). The van der Waals surface area contributed by atoms with Crippen molar-refractivity contribution >= 4 is 44.2 Å². The number of hydrogen-bond donors (Lipinski definition) is 1. The molecule has 1 saturated heterocycles. The van der Waals surface area contributed by atoms with E-state index in [1.165, 1.54) is 15.7 Å². The van der Waals surface area contributed by atoms with Crippen LogP contribution in [0.3, 0.4) is 0 Å². The molecule has 1 aliphatic rings. The van der Waals surface area contributed by atoms with Gasteiger partial charge >= 0.3 is 0 Å². The largest absolute Gasteiger partial charge is 0.369 e. The number of halogens is 2. The lowest BCUT2D eigenvalue weighted by molar-refractivity contribution is 0.420. The monoisotopic (exact) mass is 422 g/mol. The van der Waals surface area contributed by atoms with Crippen LogP contribution in [-0.2, 0) is 0 Å². The molecule has 1 aromatic rings. The molecule has 0 bridgehead atoms. The predicted molar refractivity (Wildman–Crippen MR) is 90.3 cm³/mol. The van der Waals surface area contributed by atoms with Crippen LogP contribution in [0.5, 0.6) is 0 Å². The molecule has 2 nitrogen and oxygen atoms in total. The Morgan fingerprint density at radius 2 is 2.22 bits per heavy atom. The molecule has 1 N–H and O–H groups in total. The summed E-state index contributed by atoms with van der Waals surface area (Å²) in [5.41, 5.74) is 1.36. The van der Waals surface area contributed by atoms with E-state index in [1.807, 2.05) is 0 Å². The zero-order valence-corrected chi connectivity index (χ0v) is 14.7. The average molecular weight is 423 g/mol. The summed E-state index contributed by atoms with van der Waals surface area (Å²) < 4.78 is 2.50. The standard InChI is InChI=1S/C14H20BrIN2/c1-10(2)13-9-18(7-3-6-17-13)14-8-11(15)4-5-12(14)16/h4-5,8,10,13,17H,3,6-7,9H2,1-2H3. The van der Waals surface area contributed by atoms with Gasteiger partial charge in [0, 0.05) is 27.2 Å². The second-order valence-electron chi connectivity index (χ2n) is 5.20. The maximum Gasteiger partial charge on any atom is 0.0513 e. The third-order valence-corrected chi connectivity index (χ3v) is 4.89. The first kappa shape index (κ1) is 14.6. The zero-order valence-electron chi connectivity index (χ0n) is 10.9. The summed E-state index contributed by atoms with van der Waals surface area (Å²) in [6, 6.07) is 7.12. The molecule has 4 heteroatoms. The Balaban J connectivity index is 2.22. The van der Waals surface area contributed by atoms with Crippen molar-refractivity contribution in [2.24, 2.45) is 5.92 Å². The minimum absolute atomic E-state index is 0.585. The molecule has 1 unspecified atom stereocenters. The highest BCUT2D eigenvalue weighted by molar-refractivity contribution is 14.1. The van der Waals surface area contributed by atoms with E-state index in [0.717, 1.165) is 24.1 Å². The Labute approximate surface area is 132 Å². The van der Waals surface area contributed by atoms with E-state index in [4.69, 9.17) is 0 Å². The fourth-order valence-corrected chi connectivity index (χ4v) is 3.37. The van der Waals surface area contributed by atoms with Gasteiger partial charge in [0.25, 0.3) is 0 Å². The summed E-state index contributed by atoms with van der Waals surface area (Å²) >= 11 is 6.01. The third-order valence-electron chi connectivity index (χ3n) is 3.48. The van der Waals surface area contributed by atoms with Gasteiger partial charge in [-0.05, 0) is 59.7 Å². The fourth-order valence-electron chi connectivity index (χ4n) is 2.34. The van der Waals surface area contributed by atoms with Gasteiger partial charge in [-0.1, -0.05) is 29.8 Å². The first-order valence-electron chi connectivity index (χ1n) is 6.51. The normalized spacial score (nSPS) is 21.2. The van der Waals surface area contributed by atoms with Gasteiger partial charge in [0.2, 0.25) is 0 Å². The van der Waals surface area contributed by atoms with Crippen LogP contribution in [0.15, 0.2) is 22.7 Å². The molecule has 0 saturated carbocycles. The van der Waals surface area contributed by atoms with Crippen LogP contribution in [0.25, 0.3) is 0 Å². The van der Waals surface area contributed by atoms with Crippen LogP contribution >= 0.6 is 38.5 Å². The Hall–Kier alpha value is 0.190. The second kappa shape index (κ2) is 6.57. The Morgan fingerprint density at radius 1 is 1.44 bits per heavy atom. The topological polar surface area (TPSA) is 15.3 Å². The molecule has 0 spiro atoms. The summed E-state index contributed by atoms with van der Waals surface area (Å²) in [7, 11) is 0. The van der Waals surface area contributed by atoms with E-state index in [2.05, 4.69) is 80.8 Å². The van der Waals surface area contributed by atoms with Gasteiger partial charge in [-0.25, -0.2) is 0 Å². The zero-order chi connectivity index (χ0) is 13.1. The summed E-state index contributed by atoms with van der Waals surface area (Å²) in [6.07, 6.45) is 1.21. The molecule has 1 heterocycles. The number of nitrogens with zero attached hydrogens (tertiary/aromatic N) is 1. The highest BCUT2D eigenvalue weighted by Crippen LogP contribution is 2.28. The maximum atomic E-state index is 3.66. The molecule has 1 fully saturated rings. The number of hydrogen-bond acceptors (Lipinski definition) is 2. The van der Waals surface area contributed by atoms with E-state index in [1.54, 1.807) is 0 Å². The van der Waals surface area contributed by atoms with Crippen molar-refractivity contribution in [3.05, 3.63) is 26.2 Å². The number of anilines is 1. The molecule has 100 valence electrons. The van der Waals surface area contributed by atoms with Crippen LogP contribution < -0.4 is 10.2 Å². The minimum atomic E-state index is 0.585. The Kier molecular flexibility index (Phi) is 5.33. The van der Waals surface area contributed by atoms with Crippen LogP contribution in [0.2, 0.25) is 0 Å². The number of nitrogens with one attached hydrogen (secondary N) is 1. The first-order chi connectivity index (χ1) is 8.58. The van der Waals surface area contributed by atoms with Crippen molar-refractivity contribution in [3.8, 4) is 0 Å². The van der Waals surface area contributed by atoms with E-state index in [9.17, 15) is 0 Å². The lowest BCUT2D eigenvalue weighted by Gasteiger charge is -2.29. The smallest absolute Gasteiger partial charge is 0.0513 e. The summed E-state index contributed by atoms with van der Waals surface area (Å²) in [5, 5.41) is 3.66. The van der Waals surface area contributed by atoms with Gasteiger partial charge in [-0.2, -0.15) is 0 Å². The summed E-state index contributed by atoms with van der Waals surface area (Å²) in [6.45, 7) is 7.97. The van der Waals surface area contributed by atoms with Gasteiger partial charge in [0.05, 0.1) is 5.69 Å². The minimum Gasteiger partial charge on any atom is -0.369 e. The first-order valence-corrected chi connectivity index (χ1v) is 8.38. The second-order valence-corrected chi connectivity index (χ2v) is 7.28. The lowest BCUT2D eigenvalue weighted by atomic mass is 10.0. The molecule has 1 aromatic carbocycles. The molecule has 18 heavy (non-hydrogen) atoms. The fraction of sp³-hybridized carbons (Fsp3) is 0.571. The molecule has 0 amide bonds.